The van der Waals surface area contributed by atoms with Crippen molar-refractivity contribution in [1.82, 2.24) is 36.4 Å². The van der Waals surface area contributed by atoms with E-state index >= 15 is 0 Å². The largest absolute Gasteiger partial charge is 0.480 e. The number of thioether (sulfide) groups is 1. The molecule has 0 radical (unpaired) electrons. The van der Waals surface area contributed by atoms with Gasteiger partial charge in [-0.2, -0.15) is 11.8 Å². The summed E-state index contributed by atoms with van der Waals surface area (Å²) in [7, 11) is 0. The first kappa shape index (κ1) is 42.2. The minimum atomic E-state index is -1.44. The molecule has 0 aromatic carbocycles. The normalized spacial score (nSPS) is 19.6. The van der Waals surface area contributed by atoms with E-state index in [4.69, 9.17) is 5.73 Å². The molecule has 19 heteroatoms. The minimum Gasteiger partial charge on any atom is -0.480 e. The maximum absolute atomic E-state index is 13.3. The highest BCUT2D eigenvalue weighted by Crippen LogP contribution is 2.21. The number of amides is 7. The molecule has 0 bridgehead atoms. The van der Waals surface area contributed by atoms with E-state index in [1.807, 2.05) is 20.1 Å². The lowest BCUT2D eigenvalue weighted by atomic mass is 10.0. The van der Waals surface area contributed by atoms with E-state index in [-0.39, 0.29) is 31.8 Å². The number of carboxylic acids is 1. The smallest absolute Gasteiger partial charge is 0.326 e. The number of aliphatic carboxylic acids is 1. The second-order valence-electron chi connectivity index (χ2n) is 12.8. The SMILES string of the molecule is CSCC[C@H](N)C(=O)NCC(=O)N[C@@H](CC(C)C)C(=O)NCC(=O)N[C@@H](CO)C(=O)N1CCC[C@H]1C(=O)N[C@@H](C)C(=O)N1CCC[C@H]1C(=O)O. The summed E-state index contributed by atoms with van der Waals surface area (Å²) >= 11 is 1.53. The third-order valence-corrected chi connectivity index (χ3v) is 9.02. The Kier molecular flexibility index (Phi) is 17.4. The number of nitrogens with zero attached hydrogens (tertiary/aromatic N) is 2. The number of hydrogen-bond donors (Lipinski definition) is 8. The highest BCUT2D eigenvalue weighted by Gasteiger charge is 2.40. The van der Waals surface area contributed by atoms with Gasteiger partial charge in [-0.05, 0) is 63.4 Å². The first-order valence-electron chi connectivity index (χ1n) is 16.7. The molecule has 0 unspecified atom stereocenters. The van der Waals surface area contributed by atoms with Gasteiger partial charge in [0.15, 0.2) is 0 Å². The number of likely N-dealkylation sites (tertiary alicyclic amines) is 2. The van der Waals surface area contributed by atoms with Gasteiger partial charge >= 0.3 is 5.97 Å². The number of aliphatic hydroxyl groups excluding tert-OH is 1. The van der Waals surface area contributed by atoms with E-state index < -0.39 is 103 Å². The quantitative estimate of drug-likeness (QED) is 0.0657. The van der Waals surface area contributed by atoms with E-state index in [0.717, 1.165) is 0 Å². The fourth-order valence-corrected chi connectivity index (χ4v) is 6.24. The third kappa shape index (κ3) is 12.7. The summed E-state index contributed by atoms with van der Waals surface area (Å²) in [6.07, 6.45) is 4.08. The number of carboxylic acid groups (broad SMARTS) is 1. The van der Waals surface area contributed by atoms with Gasteiger partial charge in [-0.1, -0.05) is 13.8 Å². The molecule has 2 aliphatic rings. The van der Waals surface area contributed by atoms with Crippen molar-refractivity contribution in [2.24, 2.45) is 11.7 Å². The van der Waals surface area contributed by atoms with E-state index in [9.17, 15) is 48.6 Å². The molecule has 0 aromatic heterocycles. The second kappa shape index (κ2) is 20.6. The molecular weight excluding hydrogens is 676 g/mol. The Balaban J connectivity index is 1.92. The van der Waals surface area contributed by atoms with Gasteiger partial charge in [-0.15, -0.1) is 0 Å². The van der Waals surface area contributed by atoms with Crippen LogP contribution in [-0.2, 0) is 38.4 Å². The Hall–Kier alpha value is -3.97. The summed E-state index contributed by atoms with van der Waals surface area (Å²) in [4.78, 5) is 104. The van der Waals surface area contributed by atoms with Crippen LogP contribution >= 0.6 is 11.8 Å². The van der Waals surface area contributed by atoms with E-state index in [2.05, 4.69) is 26.6 Å². The molecule has 18 nitrogen and oxygen atoms in total. The predicted molar refractivity (Wildman–Crippen MR) is 182 cm³/mol. The molecule has 2 rings (SSSR count). The zero-order chi connectivity index (χ0) is 37.5. The lowest BCUT2D eigenvalue weighted by Gasteiger charge is -2.30. The Morgan fingerprint density at radius 3 is 1.88 bits per heavy atom. The number of carbonyl (C=O) groups excluding carboxylic acids is 7. The Morgan fingerprint density at radius 1 is 0.800 bits per heavy atom. The van der Waals surface area contributed by atoms with Crippen LogP contribution < -0.4 is 32.3 Å². The molecule has 2 fully saturated rings. The summed E-state index contributed by atoms with van der Waals surface area (Å²) in [6, 6.07) is -6.26. The average molecular weight is 729 g/mol. The number of rotatable bonds is 19. The zero-order valence-electron chi connectivity index (χ0n) is 29.1. The predicted octanol–water partition coefficient (Wildman–Crippen LogP) is -3.12. The maximum Gasteiger partial charge on any atom is 0.326 e. The number of nitrogens with one attached hydrogen (secondary N) is 5. The van der Waals surface area contributed by atoms with Crippen molar-refractivity contribution in [2.75, 3.05) is 44.8 Å². The summed E-state index contributed by atoms with van der Waals surface area (Å²) in [5, 5.41) is 31.6. The highest BCUT2D eigenvalue weighted by molar-refractivity contribution is 7.98. The monoisotopic (exact) mass is 728 g/mol. The van der Waals surface area contributed by atoms with Crippen LogP contribution in [0.4, 0.5) is 0 Å². The maximum atomic E-state index is 13.3. The summed E-state index contributed by atoms with van der Waals surface area (Å²) in [5.41, 5.74) is 5.81. The highest BCUT2D eigenvalue weighted by atomic mass is 32.2. The van der Waals surface area contributed by atoms with Crippen LogP contribution in [0.1, 0.15) is 59.3 Å². The molecule has 50 heavy (non-hydrogen) atoms. The zero-order valence-corrected chi connectivity index (χ0v) is 29.9. The topological polar surface area (TPSA) is 270 Å². The summed E-state index contributed by atoms with van der Waals surface area (Å²) in [5.74, 6) is -5.02. The number of hydrogen-bond acceptors (Lipinski definition) is 11. The van der Waals surface area contributed by atoms with Crippen molar-refractivity contribution < 1.29 is 48.6 Å². The van der Waals surface area contributed by atoms with Gasteiger partial charge < -0.3 is 52.3 Å². The lowest BCUT2D eigenvalue weighted by Crippen LogP contribution is -2.58. The lowest BCUT2D eigenvalue weighted by molar-refractivity contribution is -0.149. The van der Waals surface area contributed by atoms with Gasteiger partial charge in [-0.25, -0.2) is 4.79 Å². The van der Waals surface area contributed by atoms with Crippen LogP contribution in [0.3, 0.4) is 0 Å². The molecule has 9 N–H and O–H groups in total. The first-order chi connectivity index (χ1) is 23.6. The average Bonchev–Trinajstić information content (AvgIpc) is 3.77. The van der Waals surface area contributed by atoms with Crippen LogP contribution in [0.15, 0.2) is 0 Å². The van der Waals surface area contributed by atoms with Crippen molar-refractivity contribution in [1.29, 1.82) is 0 Å². The van der Waals surface area contributed by atoms with Crippen LogP contribution in [0.5, 0.6) is 0 Å². The summed E-state index contributed by atoms with van der Waals surface area (Å²) in [6.45, 7) is 3.70. The van der Waals surface area contributed by atoms with Gasteiger partial charge in [0.05, 0.1) is 25.7 Å². The molecule has 7 amide bonds. The molecule has 0 saturated carbocycles. The Bertz CT molecular complexity index is 1250. The van der Waals surface area contributed by atoms with Gasteiger partial charge in [0.1, 0.15) is 30.2 Å². The van der Waals surface area contributed by atoms with Crippen LogP contribution in [-0.4, -0.2) is 148 Å². The van der Waals surface area contributed by atoms with Crippen molar-refractivity contribution >= 4 is 59.1 Å². The number of nitrogens with two attached hydrogens (primary N) is 1. The molecule has 0 spiro atoms. The van der Waals surface area contributed by atoms with Gasteiger partial charge in [-0.3, -0.25) is 33.6 Å². The number of aliphatic hydroxyl groups is 1. The van der Waals surface area contributed by atoms with Crippen molar-refractivity contribution in [3.63, 3.8) is 0 Å². The summed E-state index contributed by atoms with van der Waals surface area (Å²) < 4.78 is 0. The van der Waals surface area contributed by atoms with Gasteiger partial charge in [0, 0.05) is 13.1 Å². The van der Waals surface area contributed by atoms with Crippen molar-refractivity contribution in [2.45, 2.75) is 95.5 Å². The van der Waals surface area contributed by atoms with Crippen LogP contribution in [0.25, 0.3) is 0 Å². The van der Waals surface area contributed by atoms with Crippen molar-refractivity contribution in [3.05, 3.63) is 0 Å². The van der Waals surface area contributed by atoms with E-state index in [1.54, 1.807) is 0 Å². The molecule has 0 aromatic rings. The molecule has 2 saturated heterocycles. The fourth-order valence-electron chi connectivity index (χ4n) is 5.75. The van der Waals surface area contributed by atoms with E-state index in [0.29, 0.717) is 31.4 Å². The second-order valence-corrected chi connectivity index (χ2v) is 13.8. The third-order valence-electron chi connectivity index (χ3n) is 8.38. The molecular formula is C31H52N8O10S. The Morgan fingerprint density at radius 2 is 1.34 bits per heavy atom. The first-order valence-corrected chi connectivity index (χ1v) is 18.1. The fraction of sp³-hybridized carbons (Fsp3) is 0.742. The molecule has 282 valence electrons. The molecule has 0 aliphatic carbocycles. The van der Waals surface area contributed by atoms with Gasteiger partial charge in [0.2, 0.25) is 41.4 Å². The van der Waals surface area contributed by atoms with Crippen LogP contribution in [0.2, 0.25) is 0 Å². The Labute approximate surface area is 295 Å². The van der Waals surface area contributed by atoms with Crippen molar-refractivity contribution in [3.8, 4) is 0 Å². The minimum absolute atomic E-state index is 0.0283. The van der Waals surface area contributed by atoms with Gasteiger partial charge in [0.25, 0.3) is 0 Å². The van der Waals surface area contributed by atoms with Crippen LogP contribution in [0, 0.1) is 5.92 Å². The number of carbonyl (C=O) groups is 8. The standard InChI is InChI=1S/C31H52N8O10S/c1-17(2)13-20(36-24(41)14-33-26(43)19(32)9-12-50-4)27(44)34-15-25(42)37-21(16-40)30(47)38-10-5-7-22(38)28(45)35-18(3)29(46)39-11-6-8-23(39)31(48)49/h17-23,40H,5-16,32H2,1-4H3,(H,33,43)(H,34,44)(H,35,45)(H,36,41)(H,37,42)(H,48,49)/t18-,19-,20-,21-,22-,23-/m0/s1. The van der Waals surface area contributed by atoms with E-state index in [1.165, 1.54) is 28.5 Å². The molecule has 6 atom stereocenters. The molecule has 2 heterocycles. The molecule has 2 aliphatic heterocycles.